The van der Waals surface area contributed by atoms with Gasteiger partial charge in [0.05, 0.1) is 17.5 Å². The Bertz CT molecular complexity index is 541. The van der Waals surface area contributed by atoms with E-state index in [0.29, 0.717) is 5.56 Å². The van der Waals surface area contributed by atoms with Gasteiger partial charge in [-0.25, -0.2) is 4.98 Å². The molecule has 4 heteroatoms. The van der Waals surface area contributed by atoms with Crippen molar-refractivity contribution in [2.24, 2.45) is 0 Å². The fraction of sp³-hybridized carbons (Fsp3) is 0.167. The van der Waals surface area contributed by atoms with E-state index in [1.165, 1.54) is 0 Å². The minimum Gasteiger partial charge on any atom is -0.463 e. The van der Waals surface area contributed by atoms with E-state index in [-0.39, 0.29) is 0 Å². The molecular weight excluding hydrogens is 220 g/mol. The van der Waals surface area contributed by atoms with Crippen molar-refractivity contribution in [3.63, 3.8) is 0 Å². The molecule has 0 radical (unpaired) electrons. The minimum absolute atomic E-state index is 0.641. The molecule has 80 valence electrons. The second kappa shape index (κ2) is 4.42. The molecule has 0 unspecified atom stereocenters. The van der Waals surface area contributed by atoms with Crippen LogP contribution in [0.5, 0.6) is 0 Å². The van der Waals surface area contributed by atoms with Crippen molar-refractivity contribution < 1.29 is 4.42 Å². The molecule has 2 rings (SSSR count). The molecule has 2 aromatic rings. The van der Waals surface area contributed by atoms with E-state index < -0.39 is 0 Å². The average Bonchev–Trinajstić information content (AvgIpc) is 2.81. The van der Waals surface area contributed by atoms with Gasteiger partial charge in [0.15, 0.2) is 5.76 Å². The van der Waals surface area contributed by atoms with Gasteiger partial charge in [0.2, 0.25) is 0 Å². The van der Waals surface area contributed by atoms with Gasteiger partial charge in [0.1, 0.15) is 11.8 Å². The van der Waals surface area contributed by atoms with Crippen molar-refractivity contribution in [1.82, 2.24) is 4.98 Å². The van der Waals surface area contributed by atoms with Crippen molar-refractivity contribution >= 4 is 11.8 Å². The van der Waals surface area contributed by atoms with Crippen LogP contribution in [0.15, 0.2) is 33.8 Å². The average molecular weight is 230 g/mol. The van der Waals surface area contributed by atoms with Crippen molar-refractivity contribution in [2.75, 3.05) is 6.26 Å². The van der Waals surface area contributed by atoms with Gasteiger partial charge in [-0.3, -0.25) is 0 Å². The summed E-state index contributed by atoms with van der Waals surface area (Å²) >= 11 is 1.54. The number of hydrogen-bond acceptors (Lipinski definition) is 4. The maximum Gasteiger partial charge on any atom is 0.152 e. The third kappa shape index (κ3) is 1.82. The number of thioether (sulfide) groups is 1. The first-order chi connectivity index (χ1) is 7.76. The molecule has 2 heterocycles. The molecule has 0 atom stereocenters. The third-order valence-corrected chi connectivity index (χ3v) is 3.03. The lowest BCUT2D eigenvalue weighted by atomic mass is 10.2. The minimum atomic E-state index is 0.641. The summed E-state index contributed by atoms with van der Waals surface area (Å²) in [4.78, 5) is 5.30. The summed E-state index contributed by atoms with van der Waals surface area (Å²) in [5.41, 5.74) is 2.15. The molecule has 0 bridgehead atoms. The van der Waals surface area contributed by atoms with Gasteiger partial charge < -0.3 is 4.42 Å². The highest BCUT2D eigenvalue weighted by molar-refractivity contribution is 7.98. The van der Waals surface area contributed by atoms with Gasteiger partial charge in [-0.2, -0.15) is 5.26 Å². The molecule has 0 amide bonds. The number of aryl methyl sites for hydroxylation is 1. The van der Waals surface area contributed by atoms with Gasteiger partial charge in [-0.1, -0.05) is 0 Å². The summed E-state index contributed by atoms with van der Waals surface area (Å²) in [5.74, 6) is 0.725. The highest BCUT2D eigenvalue weighted by Gasteiger charge is 2.11. The summed E-state index contributed by atoms with van der Waals surface area (Å²) in [6.45, 7) is 1.84. The molecule has 0 saturated heterocycles. The van der Waals surface area contributed by atoms with Crippen molar-refractivity contribution in [3.05, 3.63) is 35.7 Å². The zero-order valence-corrected chi connectivity index (χ0v) is 9.84. The van der Waals surface area contributed by atoms with Crippen LogP contribution in [0.4, 0.5) is 0 Å². The Hall–Kier alpha value is -1.73. The van der Waals surface area contributed by atoms with E-state index in [4.69, 9.17) is 9.68 Å². The fourth-order valence-corrected chi connectivity index (χ4v) is 2.12. The predicted molar refractivity (Wildman–Crippen MR) is 63.2 cm³/mol. The summed E-state index contributed by atoms with van der Waals surface area (Å²) in [5, 5.41) is 9.03. The van der Waals surface area contributed by atoms with Crippen molar-refractivity contribution in [3.8, 4) is 17.5 Å². The monoisotopic (exact) mass is 230 g/mol. The summed E-state index contributed by atoms with van der Waals surface area (Å²) in [6.07, 6.45) is 3.56. The van der Waals surface area contributed by atoms with Crippen molar-refractivity contribution in [2.45, 2.75) is 11.8 Å². The van der Waals surface area contributed by atoms with Crippen LogP contribution < -0.4 is 0 Å². The van der Waals surface area contributed by atoms with Crippen LogP contribution in [0.1, 0.15) is 11.3 Å². The number of nitriles is 1. The molecule has 0 fully saturated rings. The number of rotatable bonds is 2. The van der Waals surface area contributed by atoms with Gasteiger partial charge in [0.25, 0.3) is 0 Å². The Morgan fingerprint density at radius 2 is 2.31 bits per heavy atom. The predicted octanol–water partition coefficient (Wildman–Crippen LogP) is 3.24. The van der Waals surface area contributed by atoms with Crippen LogP contribution in [-0.4, -0.2) is 11.2 Å². The first kappa shape index (κ1) is 10.8. The van der Waals surface area contributed by atoms with E-state index in [1.807, 2.05) is 31.4 Å². The maximum absolute atomic E-state index is 9.03. The van der Waals surface area contributed by atoms with Crippen molar-refractivity contribution in [1.29, 1.82) is 5.26 Å². The Morgan fingerprint density at radius 3 is 2.88 bits per heavy atom. The summed E-state index contributed by atoms with van der Waals surface area (Å²) in [6, 6.07) is 7.74. The molecule has 0 N–H and O–H groups in total. The Kier molecular flexibility index (Phi) is 2.97. The van der Waals surface area contributed by atoms with Crippen LogP contribution in [0, 0.1) is 18.3 Å². The largest absolute Gasteiger partial charge is 0.463 e. The normalized spacial score (nSPS) is 10.1. The standard InChI is InChI=1S/C12H10N2OS/c1-8-9(7-13)12(16-2)6-10(14-8)11-4-3-5-15-11/h3-6H,1-2H3. The zero-order valence-electron chi connectivity index (χ0n) is 9.02. The van der Waals surface area contributed by atoms with E-state index in [2.05, 4.69) is 11.1 Å². The Balaban J connectivity index is 2.60. The van der Waals surface area contributed by atoms with Crippen LogP contribution >= 0.6 is 11.8 Å². The van der Waals surface area contributed by atoms with E-state index >= 15 is 0 Å². The van der Waals surface area contributed by atoms with Crippen LogP contribution in [-0.2, 0) is 0 Å². The van der Waals surface area contributed by atoms with E-state index in [1.54, 1.807) is 18.0 Å². The molecule has 0 aliphatic heterocycles. The fourth-order valence-electron chi connectivity index (χ4n) is 1.49. The lowest BCUT2D eigenvalue weighted by Crippen LogP contribution is -1.93. The smallest absolute Gasteiger partial charge is 0.152 e. The number of hydrogen-bond donors (Lipinski definition) is 0. The molecule has 16 heavy (non-hydrogen) atoms. The van der Waals surface area contributed by atoms with Gasteiger partial charge in [0, 0.05) is 4.90 Å². The van der Waals surface area contributed by atoms with Gasteiger partial charge >= 0.3 is 0 Å². The topological polar surface area (TPSA) is 49.8 Å². The molecular formula is C12H10N2OS. The Morgan fingerprint density at radius 1 is 1.50 bits per heavy atom. The van der Waals surface area contributed by atoms with Crippen LogP contribution in [0.2, 0.25) is 0 Å². The lowest BCUT2D eigenvalue weighted by Gasteiger charge is -2.05. The first-order valence-electron chi connectivity index (χ1n) is 4.76. The third-order valence-electron chi connectivity index (χ3n) is 2.27. The second-order valence-corrected chi connectivity index (χ2v) is 4.11. The summed E-state index contributed by atoms with van der Waals surface area (Å²) < 4.78 is 5.29. The van der Waals surface area contributed by atoms with E-state index in [9.17, 15) is 0 Å². The quantitative estimate of drug-likeness (QED) is 0.743. The Labute approximate surface area is 98.1 Å². The highest BCUT2D eigenvalue weighted by atomic mass is 32.2. The number of pyridine rings is 1. The summed E-state index contributed by atoms with van der Waals surface area (Å²) in [7, 11) is 0. The second-order valence-electron chi connectivity index (χ2n) is 3.26. The maximum atomic E-state index is 9.03. The van der Waals surface area contributed by atoms with E-state index in [0.717, 1.165) is 22.0 Å². The van der Waals surface area contributed by atoms with Gasteiger partial charge in [-0.15, -0.1) is 11.8 Å². The van der Waals surface area contributed by atoms with Crippen LogP contribution in [0.3, 0.4) is 0 Å². The van der Waals surface area contributed by atoms with Crippen LogP contribution in [0.25, 0.3) is 11.5 Å². The zero-order chi connectivity index (χ0) is 11.5. The number of aromatic nitrogens is 1. The number of nitrogens with zero attached hydrogens (tertiary/aromatic N) is 2. The molecule has 0 aromatic carbocycles. The SMILES string of the molecule is CSc1cc(-c2ccco2)nc(C)c1C#N. The molecule has 0 saturated carbocycles. The molecule has 0 aliphatic carbocycles. The molecule has 0 aliphatic rings. The molecule has 3 nitrogen and oxygen atoms in total. The highest BCUT2D eigenvalue weighted by Crippen LogP contribution is 2.27. The molecule has 0 spiro atoms. The molecule has 2 aromatic heterocycles. The first-order valence-corrected chi connectivity index (χ1v) is 5.98. The lowest BCUT2D eigenvalue weighted by molar-refractivity contribution is 0.579. The van der Waals surface area contributed by atoms with Gasteiger partial charge in [-0.05, 0) is 31.4 Å². The number of furan rings is 1.